The van der Waals surface area contributed by atoms with E-state index in [1.54, 1.807) is 30.3 Å². The third kappa shape index (κ3) is 5.60. The summed E-state index contributed by atoms with van der Waals surface area (Å²) in [6, 6.07) is 17.8. The second-order valence-electron chi connectivity index (χ2n) is 5.84. The van der Waals surface area contributed by atoms with Crippen molar-refractivity contribution in [2.75, 3.05) is 0 Å². The molecule has 0 heterocycles. The smallest absolute Gasteiger partial charge is 0.332 e. The highest BCUT2D eigenvalue weighted by Crippen LogP contribution is 2.14. The molecule has 0 spiro atoms. The molecular weight excluding hydrogens is 314 g/mol. The van der Waals surface area contributed by atoms with Gasteiger partial charge in [0.25, 0.3) is 5.91 Å². The Morgan fingerprint density at radius 3 is 2.28 bits per heavy atom. The van der Waals surface area contributed by atoms with Crippen LogP contribution in [-0.2, 0) is 16.1 Å². The zero-order chi connectivity index (χ0) is 18.1. The normalized spacial score (nSPS) is 11.4. The zero-order valence-electron chi connectivity index (χ0n) is 14.4. The predicted octanol–water partition coefficient (Wildman–Crippen LogP) is 4.18. The minimum absolute atomic E-state index is 0.182. The van der Waals surface area contributed by atoms with Crippen molar-refractivity contribution in [2.45, 2.75) is 32.2 Å². The van der Waals surface area contributed by atoms with E-state index in [-0.39, 0.29) is 18.4 Å². The maximum absolute atomic E-state index is 12.7. The second-order valence-corrected chi connectivity index (χ2v) is 5.84. The van der Waals surface area contributed by atoms with Crippen LogP contribution in [0.15, 0.2) is 73.3 Å². The molecule has 4 nitrogen and oxygen atoms in total. The molecule has 2 aromatic carbocycles. The summed E-state index contributed by atoms with van der Waals surface area (Å²) in [5.41, 5.74) is 1.29. The fourth-order valence-corrected chi connectivity index (χ4v) is 2.43. The number of amides is 1. The van der Waals surface area contributed by atoms with Crippen LogP contribution in [0.3, 0.4) is 0 Å². The van der Waals surface area contributed by atoms with Crippen LogP contribution in [-0.4, -0.2) is 23.0 Å². The summed E-state index contributed by atoms with van der Waals surface area (Å²) in [5.74, 6) is -0.778. The molecular formula is C21H23NO3. The Morgan fingerprint density at radius 1 is 1.08 bits per heavy atom. The van der Waals surface area contributed by atoms with Gasteiger partial charge in [0.15, 0.2) is 0 Å². The Hall–Kier alpha value is -2.88. The first-order chi connectivity index (χ1) is 12.1. The minimum atomic E-state index is -0.535. The van der Waals surface area contributed by atoms with Gasteiger partial charge in [0.1, 0.15) is 0 Å². The van der Waals surface area contributed by atoms with Crippen LogP contribution in [0.2, 0.25) is 0 Å². The number of hydroxylamine groups is 2. The molecule has 25 heavy (non-hydrogen) atoms. The molecule has 130 valence electrons. The van der Waals surface area contributed by atoms with Crippen LogP contribution in [0.25, 0.3) is 0 Å². The lowest BCUT2D eigenvalue weighted by Crippen LogP contribution is -2.41. The van der Waals surface area contributed by atoms with Crippen LogP contribution in [0, 0.1) is 0 Å². The van der Waals surface area contributed by atoms with E-state index in [4.69, 9.17) is 4.84 Å². The molecule has 4 heteroatoms. The molecule has 0 fully saturated rings. The molecule has 1 atom stereocenters. The summed E-state index contributed by atoms with van der Waals surface area (Å²) in [7, 11) is 0. The lowest BCUT2D eigenvalue weighted by atomic mass is 10.1. The van der Waals surface area contributed by atoms with Gasteiger partial charge in [-0.2, -0.15) is 5.06 Å². The fraction of sp³-hybridized carbons (Fsp3) is 0.238. The molecule has 2 rings (SSSR count). The van der Waals surface area contributed by atoms with Crippen molar-refractivity contribution in [1.29, 1.82) is 0 Å². The number of carbonyl (C=O) groups excluding carboxylic acids is 2. The van der Waals surface area contributed by atoms with E-state index < -0.39 is 5.97 Å². The Kier molecular flexibility index (Phi) is 6.96. The summed E-state index contributed by atoms with van der Waals surface area (Å²) in [6.45, 7) is 5.57. The molecule has 0 aromatic heterocycles. The summed E-state index contributed by atoms with van der Waals surface area (Å²) in [5, 5.41) is 1.20. The van der Waals surface area contributed by atoms with Gasteiger partial charge in [-0.25, -0.2) is 4.79 Å². The molecule has 0 aliphatic carbocycles. The quantitative estimate of drug-likeness (QED) is 0.562. The summed E-state index contributed by atoms with van der Waals surface area (Å²) >= 11 is 0. The average Bonchev–Trinajstić information content (AvgIpc) is 2.65. The average molecular weight is 337 g/mol. The molecule has 1 amide bonds. The predicted molar refractivity (Wildman–Crippen MR) is 97.7 cm³/mol. The van der Waals surface area contributed by atoms with Crippen molar-refractivity contribution in [3.8, 4) is 0 Å². The maximum atomic E-state index is 12.7. The van der Waals surface area contributed by atoms with Gasteiger partial charge >= 0.3 is 5.97 Å². The molecule has 0 bridgehead atoms. The summed E-state index contributed by atoms with van der Waals surface area (Å²) < 4.78 is 0. The van der Waals surface area contributed by atoms with Gasteiger partial charge in [0.05, 0.1) is 18.0 Å². The topological polar surface area (TPSA) is 46.6 Å². The van der Waals surface area contributed by atoms with Crippen molar-refractivity contribution in [3.63, 3.8) is 0 Å². The monoisotopic (exact) mass is 337 g/mol. The maximum Gasteiger partial charge on any atom is 0.363 e. The number of nitrogens with zero attached hydrogens (tertiary/aromatic N) is 1. The SMILES string of the molecule is C=CCCC(C)N(OC(=O)c1ccccc1)C(=O)Cc1ccccc1. The molecule has 0 N–H and O–H groups in total. The lowest BCUT2D eigenvalue weighted by Gasteiger charge is -2.27. The summed E-state index contributed by atoms with van der Waals surface area (Å²) in [4.78, 5) is 30.5. The van der Waals surface area contributed by atoms with Gasteiger partial charge < -0.3 is 4.84 Å². The third-order valence-electron chi connectivity index (χ3n) is 3.82. The molecule has 1 unspecified atom stereocenters. The molecule has 0 saturated heterocycles. The van der Waals surface area contributed by atoms with Gasteiger partial charge in [-0.15, -0.1) is 6.58 Å². The Labute approximate surface area is 148 Å². The van der Waals surface area contributed by atoms with Gasteiger partial charge in [-0.05, 0) is 37.5 Å². The number of benzene rings is 2. The van der Waals surface area contributed by atoms with E-state index >= 15 is 0 Å². The number of hydrogen-bond acceptors (Lipinski definition) is 3. The van der Waals surface area contributed by atoms with E-state index in [0.717, 1.165) is 12.0 Å². The first kappa shape index (κ1) is 18.5. The van der Waals surface area contributed by atoms with Gasteiger partial charge in [0.2, 0.25) is 0 Å². The molecule has 0 radical (unpaired) electrons. The van der Waals surface area contributed by atoms with Crippen LogP contribution in [0.4, 0.5) is 0 Å². The standard InChI is InChI=1S/C21H23NO3/c1-3-4-11-17(2)22(20(23)16-18-12-7-5-8-13-18)25-21(24)19-14-9-6-10-15-19/h3,5-10,12-15,17H,1,4,11,16H2,2H3. The Balaban J connectivity index is 2.12. The zero-order valence-corrected chi connectivity index (χ0v) is 14.4. The van der Waals surface area contributed by atoms with E-state index in [1.165, 1.54) is 5.06 Å². The highest BCUT2D eigenvalue weighted by molar-refractivity contribution is 5.90. The number of carbonyl (C=O) groups is 2. The lowest BCUT2D eigenvalue weighted by molar-refractivity contribution is -0.176. The Bertz CT molecular complexity index is 698. The number of rotatable bonds is 7. The molecule has 0 aliphatic rings. The molecule has 2 aromatic rings. The third-order valence-corrected chi connectivity index (χ3v) is 3.82. The van der Waals surface area contributed by atoms with E-state index in [9.17, 15) is 9.59 Å². The highest BCUT2D eigenvalue weighted by Gasteiger charge is 2.25. The minimum Gasteiger partial charge on any atom is -0.332 e. The van der Waals surface area contributed by atoms with Crippen LogP contribution >= 0.6 is 0 Å². The fourth-order valence-electron chi connectivity index (χ4n) is 2.43. The second kappa shape index (κ2) is 9.42. The largest absolute Gasteiger partial charge is 0.363 e. The highest BCUT2D eigenvalue weighted by atomic mass is 16.7. The Morgan fingerprint density at radius 2 is 1.68 bits per heavy atom. The van der Waals surface area contributed by atoms with Gasteiger partial charge in [-0.1, -0.05) is 54.6 Å². The van der Waals surface area contributed by atoms with Crippen LogP contribution in [0.1, 0.15) is 35.7 Å². The van der Waals surface area contributed by atoms with E-state index in [0.29, 0.717) is 12.0 Å². The van der Waals surface area contributed by atoms with Gasteiger partial charge in [-0.3, -0.25) is 4.79 Å². The van der Waals surface area contributed by atoms with Crippen molar-refractivity contribution >= 4 is 11.9 Å². The van der Waals surface area contributed by atoms with Crippen LogP contribution in [0.5, 0.6) is 0 Å². The first-order valence-corrected chi connectivity index (χ1v) is 8.36. The molecule has 0 saturated carbocycles. The van der Waals surface area contributed by atoms with E-state index in [1.807, 2.05) is 43.3 Å². The van der Waals surface area contributed by atoms with Gasteiger partial charge in [0, 0.05) is 0 Å². The number of allylic oxidation sites excluding steroid dienone is 1. The number of hydrogen-bond donors (Lipinski definition) is 0. The van der Waals surface area contributed by atoms with Crippen molar-refractivity contribution in [3.05, 3.63) is 84.4 Å². The van der Waals surface area contributed by atoms with Crippen molar-refractivity contribution < 1.29 is 14.4 Å². The first-order valence-electron chi connectivity index (χ1n) is 8.36. The van der Waals surface area contributed by atoms with Crippen molar-refractivity contribution in [1.82, 2.24) is 5.06 Å². The van der Waals surface area contributed by atoms with Crippen molar-refractivity contribution in [2.24, 2.45) is 0 Å². The van der Waals surface area contributed by atoms with E-state index in [2.05, 4.69) is 6.58 Å². The molecule has 0 aliphatic heterocycles. The van der Waals surface area contributed by atoms with Crippen LogP contribution < -0.4 is 0 Å². The summed E-state index contributed by atoms with van der Waals surface area (Å²) in [6.07, 6.45) is 3.38.